The molecule has 1 saturated carbocycles. The van der Waals surface area contributed by atoms with E-state index < -0.39 is 5.54 Å². The SMILES string of the molecule is NC(=S)C1(NC(=O)C2Cc3ccccc3C2)CCCCC1. The Labute approximate surface area is 131 Å². The summed E-state index contributed by atoms with van der Waals surface area (Å²) in [7, 11) is 0. The molecule has 2 aliphatic rings. The Morgan fingerprint density at radius 1 is 1.14 bits per heavy atom. The zero-order valence-electron chi connectivity index (χ0n) is 12.2. The van der Waals surface area contributed by atoms with Gasteiger partial charge in [0, 0.05) is 5.92 Å². The molecule has 3 nitrogen and oxygen atoms in total. The van der Waals surface area contributed by atoms with Gasteiger partial charge in [-0.05, 0) is 36.8 Å². The van der Waals surface area contributed by atoms with Gasteiger partial charge in [-0.2, -0.15) is 0 Å². The van der Waals surface area contributed by atoms with E-state index in [1.54, 1.807) is 0 Å². The Morgan fingerprint density at radius 2 is 1.71 bits per heavy atom. The topological polar surface area (TPSA) is 55.1 Å². The summed E-state index contributed by atoms with van der Waals surface area (Å²) in [6.07, 6.45) is 6.80. The minimum absolute atomic E-state index is 0.0237. The van der Waals surface area contributed by atoms with Crippen LogP contribution in [-0.2, 0) is 17.6 Å². The van der Waals surface area contributed by atoms with Gasteiger partial charge in [-0.15, -0.1) is 0 Å². The van der Waals surface area contributed by atoms with E-state index in [1.165, 1.54) is 17.5 Å². The van der Waals surface area contributed by atoms with Gasteiger partial charge in [0.1, 0.15) is 0 Å². The Balaban J connectivity index is 1.70. The van der Waals surface area contributed by atoms with Crippen molar-refractivity contribution in [2.75, 3.05) is 0 Å². The van der Waals surface area contributed by atoms with Gasteiger partial charge >= 0.3 is 0 Å². The molecule has 0 bridgehead atoms. The summed E-state index contributed by atoms with van der Waals surface area (Å²) in [5, 5.41) is 3.20. The lowest BCUT2D eigenvalue weighted by Crippen LogP contribution is -2.58. The molecule has 0 aromatic heterocycles. The first-order chi connectivity index (χ1) is 10.1. The monoisotopic (exact) mass is 302 g/mol. The van der Waals surface area contributed by atoms with Crippen molar-refractivity contribution in [2.24, 2.45) is 11.7 Å². The van der Waals surface area contributed by atoms with Crippen molar-refractivity contribution in [1.82, 2.24) is 5.32 Å². The van der Waals surface area contributed by atoms with E-state index in [2.05, 4.69) is 17.4 Å². The van der Waals surface area contributed by atoms with Gasteiger partial charge in [0.05, 0.1) is 10.5 Å². The molecule has 0 aliphatic heterocycles. The molecule has 0 atom stereocenters. The van der Waals surface area contributed by atoms with Crippen LogP contribution in [0.25, 0.3) is 0 Å². The normalized spacial score (nSPS) is 20.8. The van der Waals surface area contributed by atoms with Crippen LogP contribution >= 0.6 is 12.2 Å². The molecule has 0 radical (unpaired) electrons. The van der Waals surface area contributed by atoms with Crippen molar-refractivity contribution in [3.63, 3.8) is 0 Å². The van der Waals surface area contributed by atoms with Crippen molar-refractivity contribution >= 4 is 23.1 Å². The maximum Gasteiger partial charge on any atom is 0.224 e. The Morgan fingerprint density at radius 3 is 2.24 bits per heavy atom. The fourth-order valence-corrected chi connectivity index (χ4v) is 3.93. The van der Waals surface area contributed by atoms with Crippen LogP contribution in [0.1, 0.15) is 43.2 Å². The number of hydrogen-bond acceptors (Lipinski definition) is 2. The molecule has 1 aromatic carbocycles. The number of rotatable bonds is 3. The van der Waals surface area contributed by atoms with Crippen molar-refractivity contribution < 1.29 is 4.79 Å². The van der Waals surface area contributed by atoms with Crippen LogP contribution < -0.4 is 11.1 Å². The highest BCUT2D eigenvalue weighted by atomic mass is 32.1. The summed E-state index contributed by atoms with van der Waals surface area (Å²) in [5.41, 5.74) is 8.10. The van der Waals surface area contributed by atoms with E-state index in [4.69, 9.17) is 18.0 Å². The molecule has 2 aliphatic carbocycles. The second kappa shape index (κ2) is 5.76. The highest BCUT2D eigenvalue weighted by Crippen LogP contribution is 2.31. The molecular weight excluding hydrogens is 280 g/mol. The van der Waals surface area contributed by atoms with Crippen molar-refractivity contribution in [2.45, 2.75) is 50.5 Å². The molecule has 0 saturated heterocycles. The second-order valence-electron chi connectivity index (χ2n) is 6.37. The second-order valence-corrected chi connectivity index (χ2v) is 6.81. The minimum atomic E-state index is -0.445. The Bertz CT molecular complexity index is 539. The first kappa shape index (κ1) is 14.5. The van der Waals surface area contributed by atoms with Crippen molar-refractivity contribution in [1.29, 1.82) is 0 Å². The highest BCUT2D eigenvalue weighted by Gasteiger charge is 2.39. The molecule has 1 aromatic rings. The number of carbonyl (C=O) groups is 1. The summed E-state index contributed by atoms with van der Waals surface area (Å²) in [4.78, 5) is 13.1. The summed E-state index contributed by atoms with van der Waals surface area (Å²) < 4.78 is 0. The minimum Gasteiger partial charge on any atom is -0.391 e. The van der Waals surface area contributed by atoms with Crippen molar-refractivity contribution in [3.05, 3.63) is 35.4 Å². The van der Waals surface area contributed by atoms with Crippen LogP contribution in [0, 0.1) is 5.92 Å². The van der Waals surface area contributed by atoms with E-state index in [0.29, 0.717) is 4.99 Å². The first-order valence-corrected chi connectivity index (χ1v) is 8.20. The molecule has 3 N–H and O–H groups in total. The maximum absolute atomic E-state index is 12.7. The number of thiocarbonyl (C=S) groups is 1. The lowest BCUT2D eigenvalue weighted by molar-refractivity contribution is -0.126. The molecule has 1 fully saturated rings. The van der Waals surface area contributed by atoms with Crippen LogP contribution in [0.3, 0.4) is 0 Å². The zero-order valence-corrected chi connectivity index (χ0v) is 13.0. The van der Waals surface area contributed by atoms with E-state index in [9.17, 15) is 4.79 Å². The third-order valence-corrected chi connectivity index (χ3v) is 5.35. The maximum atomic E-state index is 12.7. The third kappa shape index (κ3) is 2.82. The van der Waals surface area contributed by atoms with Gasteiger partial charge in [-0.25, -0.2) is 0 Å². The molecule has 112 valence electrons. The summed E-state index contributed by atoms with van der Waals surface area (Å²) in [6, 6.07) is 8.31. The quantitative estimate of drug-likeness (QED) is 0.844. The van der Waals surface area contributed by atoms with Gasteiger partial charge in [0.2, 0.25) is 5.91 Å². The average Bonchev–Trinajstić information content (AvgIpc) is 2.92. The largest absolute Gasteiger partial charge is 0.391 e. The van der Waals surface area contributed by atoms with Gasteiger partial charge in [0.15, 0.2) is 0 Å². The van der Waals surface area contributed by atoms with Crippen LogP contribution in [0.2, 0.25) is 0 Å². The lowest BCUT2D eigenvalue weighted by Gasteiger charge is -2.37. The standard InChI is InChI=1S/C17H22N2OS/c18-16(21)17(8-4-1-5-9-17)19-15(20)14-10-12-6-2-3-7-13(12)11-14/h2-3,6-7,14H,1,4-5,8-11H2,(H2,18,21)(H,19,20). The van der Waals surface area contributed by atoms with E-state index in [0.717, 1.165) is 38.5 Å². The predicted octanol–water partition coefficient (Wildman–Crippen LogP) is 2.51. The van der Waals surface area contributed by atoms with Crippen LogP contribution in [0.5, 0.6) is 0 Å². The van der Waals surface area contributed by atoms with Gasteiger partial charge in [-0.1, -0.05) is 55.7 Å². The highest BCUT2D eigenvalue weighted by molar-refractivity contribution is 7.80. The summed E-state index contributed by atoms with van der Waals surface area (Å²) in [6.45, 7) is 0. The number of benzene rings is 1. The lowest BCUT2D eigenvalue weighted by atomic mass is 9.81. The van der Waals surface area contributed by atoms with Crippen LogP contribution in [-0.4, -0.2) is 16.4 Å². The van der Waals surface area contributed by atoms with Crippen LogP contribution in [0.4, 0.5) is 0 Å². The Kier molecular flexibility index (Phi) is 3.98. The van der Waals surface area contributed by atoms with Gasteiger partial charge in [0.25, 0.3) is 0 Å². The number of amides is 1. The zero-order chi connectivity index (χ0) is 14.9. The third-order valence-electron chi connectivity index (χ3n) is 4.96. The van der Waals surface area contributed by atoms with Gasteiger partial charge in [-0.3, -0.25) is 4.79 Å². The molecule has 3 rings (SSSR count). The summed E-state index contributed by atoms with van der Waals surface area (Å²) in [5.74, 6) is 0.136. The predicted molar refractivity (Wildman–Crippen MR) is 88.1 cm³/mol. The number of fused-ring (bicyclic) bond motifs is 1. The fraction of sp³-hybridized carbons (Fsp3) is 0.529. The molecule has 4 heteroatoms. The van der Waals surface area contributed by atoms with E-state index in [1.807, 2.05) is 12.1 Å². The molecule has 0 spiro atoms. The molecule has 0 heterocycles. The smallest absolute Gasteiger partial charge is 0.224 e. The van der Waals surface area contributed by atoms with Crippen molar-refractivity contribution in [3.8, 4) is 0 Å². The van der Waals surface area contributed by atoms with E-state index in [-0.39, 0.29) is 11.8 Å². The molecular formula is C17H22N2OS. The average molecular weight is 302 g/mol. The molecule has 21 heavy (non-hydrogen) atoms. The molecule has 0 unspecified atom stereocenters. The number of hydrogen-bond donors (Lipinski definition) is 2. The van der Waals surface area contributed by atoms with Crippen LogP contribution in [0.15, 0.2) is 24.3 Å². The number of carbonyl (C=O) groups excluding carboxylic acids is 1. The first-order valence-electron chi connectivity index (χ1n) is 7.79. The van der Waals surface area contributed by atoms with E-state index >= 15 is 0 Å². The number of nitrogens with two attached hydrogens (primary N) is 1. The fourth-order valence-electron chi connectivity index (χ4n) is 3.67. The summed E-state index contributed by atoms with van der Waals surface area (Å²) >= 11 is 5.25. The number of nitrogens with one attached hydrogen (secondary N) is 1. The van der Waals surface area contributed by atoms with Gasteiger partial charge < -0.3 is 11.1 Å². The molecule has 1 amide bonds. The Hall–Kier alpha value is -1.42.